The summed E-state index contributed by atoms with van der Waals surface area (Å²) in [5.74, 6) is 0.131. The number of carbonyl (C=O) groups excluding carboxylic acids is 1. The second-order valence-electron chi connectivity index (χ2n) is 7.51. The molecule has 0 bridgehead atoms. The number of hydrogen-bond acceptors (Lipinski definition) is 3. The number of nitrogens with two attached hydrogens (primary N) is 1. The Morgan fingerprint density at radius 2 is 1.78 bits per heavy atom. The predicted molar refractivity (Wildman–Crippen MR) is 95.4 cm³/mol. The van der Waals surface area contributed by atoms with Gasteiger partial charge in [0.25, 0.3) is 5.91 Å². The summed E-state index contributed by atoms with van der Waals surface area (Å²) in [7, 11) is 0. The van der Waals surface area contributed by atoms with Crippen LogP contribution in [0.5, 0.6) is 0 Å². The molecule has 23 heavy (non-hydrogen) atoms. The minimum absolute atomic E-state index is 0.131. The Balaban J connectivity index is 2.00. The number of hydrogen-bond donors (Lipinski definition) is 1. The molecule has 1 aromatic carbocycles. The summed E-state index contributed by atoms with van der Waals surface area (Å²) >= 11 is 0. The molecule has 1 aromatic rings. The van der Waals surface area contributed by atoms with Crippen molar-refractivity contribution < 1.29 is 4.79 Å². The summed E-state index contributed by atoms with van der Waals surface area (Å²) < 4.78 is 0. The normalized spacial score (nSPS) is 16.9. The van der Waals surface area contributed by atoms with Crippen molar-refractivity contribution in [3.63, 3.8) is 0 Å². The zero-order valence-electron chi connectivity index (χ0n) is 15.0. The average molecular weight is 317 g/mol. The zero-order valence-corrected chi connectivity index (χ0v) is 15.0. The second-order valence-corrected chi connectivity index (χ2v) is 7.51. The molecule has 0 unspecified atom stereocenters. The Morgan fingerprint density at radius 1 is 1.22 bits per heavy atom. The first-order valence-electron chi connectivity index (χ1n) is 8.70. The van der Waals surface area contributed by atoms with Crippen LogP contribution in [0, 0.1) is 0 Å². The Labute approximate surface area is 140 Å². The molecule has 128 valence electrons. The number of carbonyl (C=O) groups is 1. The average Bonchev–Trinajstić information content (AvgIpc) is 2.52. The molecule has 1 aliphatic heterocycles. The lowest BCUT2D eigenvalue weighted by atomic mass is 10.0. The van der Waals surface area contributed by atoms with Crippen molar-refractivity contribution in [1.29, 1.82) is 0 Å². The SMILES string of the molecule is CCN(Cc1ccc(C(=O)N2CCC(N)CC2)cc1)C(C)(C)C. The van der Waals surface area contributed by atoms with Gasteiger partial charge in [-0.1, -0.05) is 19.1 Å². The van der Waals surface area contributed by atoms with Crippen LogP contribution in [-0.4, -0.2) is 46.9 Å². The number of likely N-dealkylation sites (tertiary alicyclic amines) is 1. The van der Waals surface area contributed by atoms with E-state index >= 15 is 0 Å². The van der Waals surface area contributed by atoms with E-state index in [9.17, 15) is 4.79 Å². The smallest absolute Gasteiger partial charge is 0.253 e. The summed E-state index contributed by atoms with van der Waals surface area (Å²) in [5, 5.41) is 0. The molecule has 0 radical (unpaired) electrons. The van der Waals surface area contributed by atoms with Crippen LogP contribution in [0.1, 0.15) is 56.5 Å². The highest BCUT2D eigenvalue weighted by atomic mass is 16.2. The van der Waals surface area contributed by atoms with E-state index < -0.39 is 0 Å². The molecule has 2 N–H and O–H groups in total. The first-order valence-corrected chi connectivity index (χ1v) is 8.70. The van der Waals surface area contributed by atoms with Gasteiger partial charge < -0.3 is 10.6 Å². The van der Waals surface area contributed by atoms with Gasteiger partial charge in [0.2, 0.25) is 0 Å². The van der Waals surface area contributed by atoms with Crippen LogP contribution in [0.4, 0.5) is 0 Å². The number of amides is 1. The molecular formula is C19H31N3O. The minimum Gasteiger partial charge on any atom is -0.339 e. The number of rotatable bonds is 4. The summed E-state index contributed by atoms with van der Waals surface area (Å²) in [4.78, 5) is 16.9. The van der Waals surface area contributed by atoms with Crippen LogP contribution in [0.2, 0.25) is 0 Å². The molecule has 4 nitrogen and oxygen atoms in total. The molecule has 0 aliphatic carbocycles. The monoisotopic (exact) mass is 317 g/mol. The van der Waals surface area contributed by atoms with Gasteiger partial charge in [-0.15, -0.1) is 0 Å². The predicted octanol–water partition coefficient (Wildman–Crippen LogP) is 2.87. The molecule has 0 atom stereocenters. The van der Waals surface area contributed by atoms with Crippen molar-refractivity contribution in [3.05, 3.63) is 35.4 Å². The van der Waals surface area contributed by atoms with Crippen molar-refractivity contribution >= 4 is 5.91 Å². The lowest BCUT2D eigenvalue weighted by molar-refractivity contribution is 0.0714. The van der Waals surface area contributed by atoms with E-state index in [2.05, 4.69) is 44.7 Å². The van der Waals surface area contributed by atoms with E-state index in [1.807, 2.05) is 17.0 Å². The van der Waals surface area contributed by atoms with E-state index in [-0.39, 0.29) is 17.5 Å². The Morgan fingerprint density at radius 3 is 2.26 bits per heavy atom. The maximum Gasteiger partial charge on any atom is 0.253 e. The van der Waals surface area contributed by atoms with Gasteiger partial charge in [-0.3, -0.25) is 9.69 Å². The number of piperidine rings is 1. The third-order valence-electron chi connectivity index (χ3n) is 4.73. The van der Waals surface area contributed by atoms with Crippen molar-refractivity contribution in [1.82, 2.24) is 9.80 Å². The van der Waals surface area contributed by atoms with E-state index in [0.717, 1.165) is 44.6 Å². The van der Waals surface area contributed by atoms with Gasteiger partial charge in [0.05, 0.1) is 0 Å². The molecule has 2 rings (SSSR count). The molecule has 1 aliphatic rings. The summed E-state index contributed by atoms with van der Waals surface area (Å²) in [6.45, 7) is 12.3. The third kappa shape index (κ3) is 4.79. The minimum atomic E-state index is 0.131. The quantitative estimate of drug-likeness (QED) is 0.929. The topological polar surface area (TPSA) is 49.6 Å². The fourth-order valence-corrected chi connectivity index (χ4v) is 3.08. The molecule has 1 fully saturated rings. The third-order valence-corrected chi connectivity index (χ3v) is 4.73. The van der Waals surface area contributed by atoms with Crippen LogP contribution in [0.15, 0.2) is 24.3 Å². The van der Waals surface area contributed by atoms with Crippen molar-refractivity contribution in [3.8, 4) is 0 Å². The fraction of sp³-hybridized carbons (Fsp3) is 0.632. The standard InChI is InChI=1S/C19H31N3O/c1-5-22(19(2,3)4)14-15-6-8-16(9-7-15)18(23)21-12-10-17(20)11-13-21/h6-9,17H,5,10-14,20H2,1-4H3. The maximum atomic E-state index is 12.5. The van der Waals surface area contributed by atoms with Crippen LogP contribution in [0.25, 0.3) is 0 Å². The van der Waals surface area contributed by atoms with Crippen molar-refractivity contribution in [2.45, 2.75) is 58.7 Å². The van der Waals surface area contributed by atoms with E-state index in [1.54, 1.807) is 0 Å². The molecule has 1 heterocycles. The highest BCUT2D eigenvalue weighted by molar-refractivity contribution is 5.94. The van der Waals surface area contributed by atoms with Crippen molar-refractivity contribution in [2.75, 3.05) is 19.6 Å². The number of nitrogens with zero attached hydrogens (tertiary/aromatic N) is 2. The van der Waals surface area contributed by atoms with Crippen LogP contribution >= 0.6 is 0 Å². The molecule has 1 saturated heterocycles. The van der Waals surface area contributed by atoms with E-state index in [0.29, 0.717) is 0 Å². The van der Waals surface area contributed by atoms with Gasteiger partial charge in [-0.2, -0.15) is 0 Å². The van der Waals surface area contributed by atoms with Crippen LogP contribution < -0.4 is 5.73 Å². The summed E-state index contributed by atoms with van der Waals surface area (Å²) in [6.07, 6.45) is 1.81. The molecule has 0 spiro atoms. The van der Waals surface area contributed by atoms with Gasteiger partial charge in [0.1, 0.15) is 0 Å². The van der Waals surface area contributed by atoms with Gasteiger partial charge in [0.15, 0.2) is 0 Å². The maximum absolute atomic E-state index is 12.5. The molecule has 0 saturated carbocycles. The van der Waals surface area contributed by atoms with Gasteiger partial charge in [-0.05, 0) is 57.9 Å². The first kappa shape index (κ1) is 18.0. The largest absolute Gasteiger partial charge is 0.339 e. The van der Waals surface area contributed by atoms with E-state index in [4.69, 9.17) is 5.73 Å². The molecule has 4 heteroatoms. The second kappa shape index (κ2) is 7.45. The first-order chi connectivity index (χ1) is 10.8. The highest BCUT2D eigenvalue weighted by Crippen LogP contribution is 2.18. The number of benzene rings is 1. The fourth-order valence-electron chi connectivity index (χ4n) is 3.08. The Bertz CT molecular complexity index is 510. The van der Waals surface area contributed by atoms with Gasteiger partial charge in [-0.25, -0.2) is 0 Å². The van der Waals surface area contributed by atoms with Gasteiger partial charge >= 0.3 is 0 Å². The molecule has 1 amide bonds. The summed E-state index contributed by atoms with van der Waals surface area (Å²) in [5.41, 5.74) is 8.09. The van der Waals surface area contributed by atoms with Crippen LogP contribution in [-0.2, 0) is 6.54 Å². The molecule has 0 aromatic heterocycles. The van der Waals surface area contributed by atoms with Crippen molar-refractivity contribution in [2.24, 2.45) is 5.73 Å². The molecular weight excluding hydrogens is 286 g/mol. The van der Waals surface area contributed by atoms with E-state index in [1.165, 1.54) is 5.56 Å². The Hall–Kier alpha value is -1.39. The zero-order chi connectivity index (χ0) is 17.0. The Kier molecular flexibility index (Phi) is 5.82. The highest BCUT2D eigenvalue weighted by Gasteiger charge is 2.22. The lowest BCUT2D eigenvalue weighted by Gasteiger charge is -2.34. The summed E-state index contributed by atoms with van der Waals surface area (Å²) in [6, 6.07) is 8.33. The lowest BCUT2D eigenvalue weighted by Crippen LogP contribution is -2.42. The van der Waals surface area contributed by atoms with Gasteiger partial charge in [0, 0.05) is 36.8 Å². The van der Waals surface area contributed by atoms with Crippen LogP contribution in [0.3, 0.4) is 0 Å².